The molecule has 0 radical (unpaired) electrons. The fourth-order valence-corrected chi connectivity index (χ4v) is 3.00. The minimum Gasteiger partial charge on any atom is -0.544 e. The Morgan fingerprint density at radius 1 is 1.28 bits per heavy atom. The van der Waals surface area contributed by atoms with Crippen molar-refractivity contribution in [3.8, 4) is 0 Å². The third-order valence-corrected chi connectivity index (χ3v) is 4.18. The number of quaternary nitrogens is 1. The van der Waals surface area contributed by atoms with Crippen molar-refractivity contribution < 1.29 is 14.8 Å². The van der Waals surface area contributed by atoms with E-state index >= 15 is 0 Å². The first-order valence-corrected chi connectivity index (χ1v) is 7.23. The minimum absolute atomic E-state index is 0.112. The Morgan fingerprint density at radius 2 is 1.89 bits per heavy atom. The molecule has 0 spiro atoms. The minimum atomic E-state index is -0.950. The third-order valence-electron chi connectivity index (χ3n) is 3.65. The molecule has 1 fully saturated rings. The van der Waals surface area contributed by atoms with Crippen LogP contribution in [0.3, 0.4) is 0 Å². The van der Waals surface area contributed by atoms with Crippen LogP contribution in [0.1, 0.15) is 31.2 Å². The number of hydrogen-bond acceptors (Lipinski definition) is 2. The van der Waals surface area contributed by atoms with Gasteiger partial charge < -0.3 is 14.8 Å². The maximum absolute atomic E-state index is 10.9. The number of carboxylic acids is 1. The van der Waals surface area contributed by atoms with Crippen LogP contribution in [-0.4, -0.2) is 18.6 Å². The Morgan fingerprint density at radius 3 is 2.44 bits per heavy atom. The quantitative estimate of drug-likeness (QED) is 0.862. The predicted octanol–water partition coefficient (Wildman–Crippen LogP) is 0.527. The van der Waals surface area contributed by atoms with Gasteiger partial charge in [-0.15, -0.1) is 0 Å². The number of carboxylic acid groups (broad SMARTS) is 1. The zero-order valence-electron chi connectivity index (χ0n) is 10.3. The predicted molar refractivity (Wildman–Crippen MR) is 70.9 cm³/mol. The average molecular weight is 312 g/mol. The molecule has 0 aromatic heterocycles. The molecule has 4 heteroatoms. The van der Waals surface area contributed by atoms with Crippen molar-refractivity contribution >= 4 is 21.9 Å². The molecule has 98 valence electrons. The molecule has 1 N–H and O–H groups in total. The van der Waals surface area contributed by atoms with E-state index in [1.54, 1.807) is 0 Å². The number of halogens is 1. The summed E-state index contributed by atoms with van der Waals surface area (Å²) in [5, 5.41) is 10.9. The van der Waals surface area contributed by atoms with Gasteiger partial charge in [0.1, 0.15) is 13.1 Å². The third kappa shape index (κ3) is 3.82. The number of hydrogen-bond donors (Lipinski definition) is 1. The molecule has 2 rings (SSSR count). The lowest BCUT2D eigenvalue weighted by Gasteiger charge is -2.26. The molecule has 0 aliphatic heterocycles. The first-order chi connectivity index (χ1) is 8.65. The van der Waals surface area contributed by atoms with Gasteiger partial charge in [0.25, 0.3) is 0 Å². The number of nitrogens with one attached hydrogen (secondary N) is 1. The van der Waals surface area contributed by atoms with Crippen LogP contribution >= 0.6 is 15.9 Å². The number of benzene rings is 1. The Kier molecular flexibility index (Phi) is 4.78. The van der Waals surface area contributed by atoms with Gasteiger partial charge in [0.2, 0.25) is 0 Å². The van der Waals surface area contributed by atoms with Crippen molar-refractivity contribution in [1.29, 1.82) is 0 Å². The van der Waals surface area contributed by atoms with Crippen molar-refractivity contribution in [2.45, 2.75) is 38.3 Å². The zero-order valence-corrected chi connectivity index (χ0v) is 11.9. The summed E-state index contributed by atoms with van der Waals surface area (Å²) in [4.78, 5) is 12.0. The van der Waals surface area contributed by atoms with E-state index in [9.17, 15) is 9.90 Å². The molecule has 18 heavy (non-hydrogen) atoms. The van der Waals surface area contributed by atoms with E-state index in [1.807, 2.05) is 24.3 Å². The van der Waals surface area contributed by atoms with Crippen molar-refractivity contribution in [3.63, 3.8) is 0 Å². The highest BCUT2D eigenvalue weighted by molar-refractivity contribution is 9.10. The first kappa shape index (κ1) is 13.6. The van der Waals surface area contributed by atoms with Crippen molar-refractivity contribution in [2.24, 2.45) is 0 Å². The lowest BCUT2D eigenvalue weighted by atomic mass is 10.1. The zero-order chi connectivity index (χ0) is 13.0. The highest BCUT2D eigenvalue weighted by Crippen LogP contribution is 2.16. The second-order valence-electron chi connectivity index (χ2n) is 4.99. The van der Waals surface area contributed by atoms with Gasteiger partial charge in [-0.05, 0) is 37.8 Å². The molecule has 1 aliphatic carbocycles. The van der Waals surface area contributed by atoms with Crippen LogP contribution in [0.25, 0.3) is 0 Å². The van der Waals surface area contributed by atoms with E-state index in [1.165, 1.54) is 18.4 Å². The SMILES string of the molecule is O=C([O-])C[NH+](Cc1ccc(Br)cc1)C1CCCC1. The van der Waals surface area contributed by atoms with Gasteiger partial charge in [0, 0.05) is 10.0 Å². The molecular weight excluding hydrogens is 294 g/mol. The Bertz CT molecular complexity index is 399. The number of rotatable bonds is 5. The molecule has 1 saturated carbocycles. The van der Waals surface area contributed by atoms with E-state index in [2.05, 4.69) is 15.9 Å². The summed E-state index contributed by atoms with van der Waals surface area (Å²) in [5.74, 6) is -0.950. The van der Waals surface area contributed by atoms with Gasteiger partial charge in [-0.25, -0.2) is 0 Å². The molecule has 0 bridgehead atoms. The fraction of sp³-hybridized carbons (Fsp3) is 0.500. The van der Waals surface area contributed by atoms with Crippen molar-refractivity contribution in [1.82, 2.24) is 0 Å². The molecule has 1 aromatic carbocycles. The number of carbonyl (C=O) groups excluding carboxylic acids is 1. The summed E-state index contributed by atoms with van der Waals surface area (Å²) < 4.78 is 1.05. The number of carbonyl (C=O) groups is 1. The van der Waals surface area contributed by atoms with Gasteiger partial charge in [0.05, 0.1) is 12.0 Å². The van der Waals surface area contributed by atoms with E-state index in [4.69, 9.17) is 0 Å². The Balaban J connectivity index is 2.03. The van der Waals surface area contributed by atoms with E-state index in [0.29, 0.717) is 6.04 Å². The molecular formula is C14H18BrNO2. The molecule has 1 unspecified atom stereocenters. The monoisotopic (exact) mass is 311 g/mol. The summed E-state index contributed by atoms with van der Waals surface area (Å²) in [6, 6.07) is 8.58. The number of aliphatic carboxylic acids is 1. The summed E-state index contributed by atoms with van der Waals surface area (Å²) >= 11 is 3.41. The first-order valence-electron chi connectivity index (χ1n) is 6.44. The largest absolute Gasteiger partial charge is 0.544 e. The van der Waals surface area contributed by atoms with Crippen LogP contribution in [-0.2, 0) is 11.3 Å². The standard InChI is InChI=1S/C14H18BrNO2/c15-12-7-5-11(6-8-12)9-16(10-14(17)18)13-3-1-2-4-13/h5-8,13H,1-4,9-10H2,(H,17,18). The normalized spacial score (nSPS) is 17.8. The van der Waals surface area contributed by atoms with Gasteiger partial charge in [-0.3, -0.25) is 0 Å². The van der Waals surface area contributed by atoms with Gasteiger partial charge in [-0.2, -0.15) is 0 Å². The molecule has 0 heterocycles. The van der Waals surface area contributed by atoms with Crippen LogP contribution in [0.2, 0.25) is 0 Å². The summed E-state index contributed by atoms with van der Waals surface area (Å²) in [7, 11) is 0. The van der Waals surface area contributed by atoms with Crippen LogP contribution < -0.4 is 10.0 Å². The maximum atomic E-state index is 10.9. The molecule has 1 atom stereocenters. The Labute approximate surface area is 116 Å². The second kappa shape index (κ2) is 6.34. The summed E-state index contributed by atoms with van der Waals surface area (Å²) in [6.07, 6.45) is 4.72. The maximum Gasteiger partial charge on any atom is 0.118 e. The van der Waals surface area contributed by atoms with Crippen LogP contribution in [0.4, 0.5) is 0 Å². The van der Waals surface area contributed by atoms with Crippen molar-refractivity contribution in [2.75, 3.05) is 6.54 Å². The molecule has 3 nitrogen and oxygen atoms in total. The van der Waals surface area contributed by atoms with Crippen LogP contribution in [0.15, 0.2) is 28.7 Å². The smallest absolute Gasteiger partial charge is 0.118 e. The Hall–Kier alpha value is -0.870. The van der Waals surface area contributed by atoms with E-state index in [-0.39, 0.29) is 6.54 Å². The summed E-state index contributed by atoms with van der Waals surface area (Å²) in [6.45, 7) is 0.882. The highest BCUT2D eigenvalue weighted by Gasteiger charge is 2.26. The molecule has 0 amide bonds. The van der Waals surface area contributed by atoms with Gasteiger partial charge in [0.15, 0.2) is 0 Å². The molecule has 1 aromatic rings. The summed E-state index contributed by atoms with van der Waals surface area (Å²) in [5.41, 5.74) is 1.18. The molecule has 0 saturated heterocycles. The van der Waals surface area contributed by atoms with Gasteiger partial charge >= 0.3 is 0 Å². The van der Waals surface area contributed by atoms with E-state index in [0.717, 1.165) is 28.8 Å². The van der Waals surface area contributed by atoms with Crippen LogP contribution in [0, 0.1) is 0 Å². The van der Waals surface area contributed by atoms with E-state index < -0.39 is 5.97 Å². The second-order valence-corrected chi connectivity index (χ2v) is 5.91. The fourth-order valence-electron chi connectivity index (χ4n) is 2.74. The lowest BCUT2D eigenvalue weighted by molar-refractivity contribution is -0.932. The topological polar surface area (TPSA) is 44.6 Å². The highest BCUT2D eigenvalue weighted by atomic mass is 79.9. The van der Waals surface area contributed by atoms with Crippen molar-refractivity contribution in [3.05, 3.63) is 34.3 Å². The lowest BCUT2D eigenvalue weighted by Crippen LogP contribution is -3.15. The average Bonchev–Trinajstić information content (AvgIpc) is 2.84. The van der Waals surface area contributed by atoms with Gasteiger partial charge in [-0.1, -0.05) is 28.1 Å². The molecule has 1 aliphatic rings. The van der Waals surface area contributed by atoms with Crippen LogP contribution in [0.5, 0.6) is 0 Å².